The molecule has 11 rings (SSSR count). The van der Waals surface area contributed by atoms with Crippen LogP contribution in [0.4, 0.5) is 17.1 Å². The van der Waals surface area contributed by atoms with Gasteiger partial charge in [-0.2, -0.15) is 0 Å². The number of fused-ring (bicyclic) bond motifs is 7. The Labute approximate surface area is 325 Å². The minimum atomic E-state index is 1.10. The Morgan fingerprint density at radius 2 is 0.875 bits per heavy atom. The maximum absolute atomic E-state index is 2.47. The van der Waals surface area contributed by atoms with Crippen molar-refractivity contribution in [1.29, 1.82) is 0 Å². The van der Waals surface area contributed by atoms with E-state index in [1.54, 1.807) is 0 Å². The third-order valence-corrected chi connectivity index (χ3v) is 11.3. The lowest BCUT2D eigenvalue weighted by Gasteiger charge is -2.29. The van der Waals surface area contributed by atoms with Crippen LogP contribution in [0.2, 0.25) is 0 Å². The third kappa shape index (κ3) is 5.11. The molecular formula is C54H36N2. The molecule has 2 heteroatoms. The first kappa shape index (κ1) is 32.0. The van der Waals surface area contributed by atoms with E-state index in [2.05, 4.69) is 228 Å². The number of anilines is 3. The molecule has 10 aromatic carbocycles. The summed E-state index contributed by atoms with van der Waals surface area (Å²) in [5.41, 5.74) is 11.8. The predicted molar refractivity (Wildman–Crippen MR) is 239 cm³/mol. The number of benzene rings is 10. The molecule has 1 heterocycles. The van der Waals surface area contributed by atoms with Gasteiger partial charge in [0, 0.05) is 32.9 Å². The second-order valence-corrected chi connectivity index (χ2v) is 14.5. The summed E-state index contributed by atoms with van der Waals surface area (Å²) in [5.74, 6) is 0. The highest BCUT2D eigenvalue weighted by atomic mass is 15.1. The van der Waals surface area contributed by atoms with E-state index in [0.717, 1.165) is 22.7 Å². The van der Waals surface area contributed by atoms with Crippen molar-refractivity contribution in [3.63, 3.8) is 0 Å². The number of aromatic nitrogens is 1. The standard InChI is InChI=1S/C54H36N2/c1-3-15-38(16-4-1)45-26-11-19-40-20-12-27-46(52(40)45)39-31-34-43(35-32-39)55(49-29-13-18-37-17-7-8-24-44(37)49)51-30-14-21-41-33-36-48-47-25-9-10-28-50(47)56(54(48)53(41)51)42-22-5-2-6-23-42/h1-36H. The Hall–Kier alpha value is -7.42. The lowest BCUT2D eigenvalue weighted by molar-refractivity contribution is 1.18. The minimum Gasteiger partial charge on any atom is -0.309 e. The molecule has 11 aromatic rings. The topological polar surface area (TPSA) is 8.17 Å². The van der Waals surface area contributed by atoms with Crippen molar-refractivity contribution in [2.45, 2.75) is 0 Å². The Kier molecular flexibility index (Phi) is 7.53. The van der Waals surface area contributed by atoms with Crippen LogP contribution in [0.3, 0.4) is 0 Å². The number of para-hydroxylation sites is 2. The zero-order valence-corrected chi connectivity index (χ0v) is 30.7. The quantitative estimate of drug-likeness (QED) is 0.167. The van der Waals surface area contributed by atoms with Gasteiger partial charge in [-0.15, -0.1) is 0 Å². The SMILES string of the molecule is c1ccc(-c2cccc3cccc(-c4ccc(N(c5cccc6ccccc56)c5cccc6ccc7c8ccccc8n(-c8ccccc8)c7c56)cc4)c23)cc1. The van der Waals surface area contributed by atoms with Gasteiger partial charge in [-0.25, -0.2) is 0 Å². The fourth-order valence-electron chi connectivity index (χ4n) is 8.88. The van der Waals surface area contributed by atoms with Gasteiger partial charge >= 0.3 is 0 Å². The highest BCUT2D eigenvalue weighted by Gasteiger charge is 2.22. The van der Waals surface area contributed by atoms with Crippen LogP contribution >= 0.6 is 0 Å². The van der Waals surface area contributed by atoms with Gasteiger partial charge in [-0.1, -0.05) is 176 Å². The third-order valence-electron chi connectivity index (χ3n) is 11.3. The largest absolute Gasteiger partial charge is 0.309 e. The van der Waals surface area contributed by atoms with E-state index in [-0.39, 0.29) is 0 Å². The molecular weight excluding hydrogens is 677 g/mol. The molecule has 0 aliphatic heterocycles. The van der Waals surface area contributed by atoms with E-state index in [0.29, 0.717) is 0 Å². The van der Waals surface area contributed by atoms with Crippen LogP contribution in [0.1, 0.15) is 0 Å². The average Bonchev–Trinajstić information content (AvgIpc) is 3.62. The average molecular weight is 713 g/mol. The molecule has 0 unspecified atom stereocenters. The van der Waals surface area contributed by atoms with Crippen molar-refractivity contribution in [3.05, 3.63) is 218 Å². The highest BCUT2D eigenvalue weighted by Crippen LogP contribution is 2.47. The zero-order valence-electron chi connectivity index (χ0n) is 30.7. The van der Waals surface area contributed by atoms with E-state index in [1.165, 1.54) is 76.4 Å². The van der Waals surface area contributed by atoms with Crippen LogP contribution < -0.4 is 4.90 Å². The van der Waals surface area contributed by atoms with Crippen LogP contribution in [0.25, 0.3) is 82.1 Å². The van der Waals surface area contributed by atoms with Gasteiger partial charge in [0.2, 0.25) is 0 Å². The van der Waals surface area contributed by atoms with Gasteiger partial charge in [0.05, 0.1) is 22.4 Å². The summed E-state index contributed by atoms with van der Waals surface area (Å²) in [7, 11) is 0. The number of nitrogens with zero attached hydrogens (tertiary/aromatic N) is 2. The maximum Gasteiger partial charge on any atom is 0.0640 e. The number of rotatable bonds is 6. The second-order valence-electron chi connectivity index (χ2n) is 14.5. The molecule has 0 amide bonds. The Morgan fingerprint density at radius 1 is 0.321 bits per heavy atom. The van der Waals surface area contributed by atoms with Gasteiger partial charge in [-0.3, -0.25) is 0 Å². The van der Waals surface area contributed by atoms with Gasteiger partial charge < -0.3 is 9.47 Å². The fourth-order valence-corrected chi connectivity index (χ4v) is 8.88. The second kappa shape index (κ2) is 13.2. The lowest BCUT2D eigenvalue weighted by Crippen LogP contribution is -2.11. The van der Waals surface area contributed by atoms with Crippen LogP contribution in [-0.2, 0) is 0 Å². The summed E-state index contributed by atoms with van der Waals surface area (Å²) in [5, 5.41) is 9.80. The van der Waals surface area contributed by atoms with Gasteiger partial charge in [0.25, 0.3) is 0 Å². The molecule has 0 bridgehead atoms. The Balaban J connectivity index is 1.18. The maximum atomic E-state index is 2.47. The Morgan fingerprint density at radius 3 is 1.62 bits per heavy atom. The van der Waals surface area contributed by atoms with Crippen molar-refractivity contribution in [2.24, 2.45) is 0 Å². The fraction of sp³-hybridized carbons (Fsp3) is 0. The van der Waals surface area contributed by atoms with Crippen LogP contribution in [0.15, 0.2) is 218 Å². The van der Waals surface area contributed by atoms with E-state index in [1.807, 2.05) is 0 Å². The molecule has 0 aliphatic rings. The van der Waals surface area contributed by atoms with Gasteiger partial charge in [0.15, 0.2) is 0 Å². The number of hydrogen-bond acceptors (Lipinski definition) is 1. The summed E-state index contributed by atoms with van der Waals surface area (Å²) in [4.78, 5) is 2.47. The molecule has 0 saturated carbocycles. The molecule has 0 spiro atoms. The lowest BCUT2D eigenvalue weighted by atomic mass is 9.91. The van der Waals surface area contributed by atoms with Gasteiger partial charge in [0.1, 0.15) is 0 Å². The first-order valence-corrected chi connectivity index (χ1v) is 19.3. The van der Waals surface area contributed by atoms with Crippen molar-refractivity contribution in [1.82, 2.24) is 4.57 Å². The smallest absolute Gasteiger partial charge is 0.0640 e. The molecule has 0 saturated heterocycles. The molecule has 56 heavy (non-hydrogen) atoms. The summed E-state index contributed by atoms with van der Waals surface area (Å²) in [6.45, 7) is 0. The molecule has 0 radical (unpaired) electrons. The number of hydrogen-bond donors (Lipinski definition) is 0. The normalized spacial score (nSPS) is 11.6. The van der Waals surface area contributed by atoms with E-state index in [4.69, 9.17) is 0 Å². The zero-order chi connectivity index (χ0) is 37.0. The molecule has 0 atom stereocenters. The van der Waals surface area contributed by atoms with Gasteiger partial charge in [-0.05, 0) is 86.3 Å². The molecule has 2 nitrogen and oxygen atoms in total. The van der Waals surface area contributed by atoms with Crippen LogP contribution in [-0.4, -0.2) is 4.57 Å². The first-order chi connectivity index (χ1) is 27.8. The van der Waals surface area contributed by atoms with E-state index in [9.17, 15) is 0 Å². The molecule has 0 N–H and O–H groups in total. The monoisotopic (exact) mass is 712 g/mol. The Bertz CT molecular complexity index is 3220. The van der Waals surface area contributed by atoms with Crippen molar-refractivity contribution < 1.29 is 0 Å². The van der Waals surface area contributed by atoms with Crippen molar-refractivity contribution in [3.8, 4) is 27.9 Å². The minimum absolute atomic E-state index is 1.10. The molecule has 1 aromatic heterocycles. The first-order valence-electron chi connectivity index (χ1n) is 19.3. The molecule has 262 valence electrons. The van der Waals surface area contributed by atoms with Crippen molar-refractivity contribution >= 4 is 71.2 Å². The van der Waals surface area contributed by atoms with E-state index >= 15 is 0 Å². The molecule has 0 aliphatic carbocycles. The van der Waals surface area contributed by atoms with Crippen molar-refractivity contribution in [2.75, 3.05) is 4.90 Å². The van der Waals surface area contributed by atoms with Crippen LogP contribution in [0, 0.1) is 0 Å². The van der Waals surface area contributed by atoms with Crippen LogP contribution in [0.5, 0.6) is 0 Å². The summed E-state index contributed by atoms with van der Waals surface area (Å²) < 4.78 is 2.45. The molecule has 0 fully saturated rings. The van der Waals surface area contributed by atoms with E-state index < -0.39 is 0 Å². The highest BCUT2D eigenvalue weighted by molar-refractivity contribution is 6.23. The summed E-state index contributed by atoms with van der Waals surface area (Å²) in [6, 6.07) is 79.5. The summed E-state index contributed by atoms with van der Waals surface area (Å²) in [6.07, 6.45) is 0. The predicted octanol–water partition coefficient (Wildman–Crippen LogP) is 15.0. The summed E-state index contributed by atoms with van der Waals surface area (Å²) >= 11 is 0.